The summed E-state index contributed by atoms with van der Waals surface area (Å²) in [5.74, 6) is 0.236. The Bertz CT molecular complexity index is 598. The molecule has 4 heteroatoms. The summed E-state index contributed by atoms with van der Waals surface area (Å²) in [7, 11) is 1.59. The molecule has 0 aliphatic carbocycles. The number of hydrogen-bond acceptors (Lipinski definition) is 3. The molecule has 0 saturated heterocycles. The molecule has 0 spiro atoms. The molecule has 0 aliphatic rings. The minimum atomic E-state index is -1.00. The number of anilines is 1. The maximum atomic E-state index is 11.9. The Kier molecular flexibility index (Phi) is 3.94. The van der Waals surface area contributed by atoms with Gasteiger partial charge in [-0.25, -0.2) is 0 Å². The molecule has 0 bridgehead atoms. The fourth-order valence-corrected chi connectivity index (χ4v) is 2.02. The molecule has 1 unspecified atom stereocenters. The third-order valence-corrected chi connectivity index (χ3v) is 3.31. The lowest BCUT2D eigenvalue weighted by Crippen LogP contribution is -2.45. The van der Waals surface area contributed by atoms with Gasteiger partial charge in [0.05, 0.1) is 7.11 Å². The Morgan fingerprint density at radius 2 is 1.85 bits per heavy atom. The Hall–Kier alpha value is -2.49. The van der Waals surface area contributed by atoms with Crippen molar-refractivity contribution >= 4 is 11.6 Å². The maximum Gasteiger partial charge on any atom is 0.247 e. The number of nitrogens with one attached hydrogen (secondary N) is 1. The predicted molar refractivity (Wildman–Crippen MR) is 79.6 cm³/mol. The molecule has 2 rings (SSSR count). The second-order valence-corrected chi connectivity index (χ2v) is 4.71. The summed E-state index contributed by atoms with van der Waals surface area (Å²) in [6, 6.07) is 16.8. The summed E-state index contributed by atoms with van der Waals surface area (Å²) in [6.07, 6.45) is 0. The van der Waals surface area contributed by atoms with E-state index >= 15 is 0 Å². The van der Waals surface area contributed by atoms with E-state index in [4.69, 9.17) is 10.5 Å². The Morgan fingerprint density at radius 3 is 2.45 bits per heavy atom. The standard InChI is InChI=1S/C16H18N2O2/c1-16(15(17)19,18-13-8-4-3-5-9-13)12-7-6-10-14(11-12)20-2/h3-11,18H,1-2H3,(H2,17,19). The number of hydrogen-bond donors (Lipinski definition) is 2. The van der Waals surface area contributed by atoms with Crippen LogP contribution in [0, 0.1) is 0 Å². The zero-order valence-corrected chi connectivity index (χ0v) is 11.6. The number of carbonyl (C=O) groups is 1. The van der Waals surface area contributed by atoms with E-state index in [2.05, 4.69) is 5.32 Å². The van der Waals surface area contributed by atoms with Crippen LogP contribution in [0.25, 0.3) is 0 Å². The number of rotatable bonds is 5. The molecule has 1 amide bonds. The SMILES string of the molecule is COc1cccc(C(C)(Nc2ccccc2)C(N)=O)c1. The van der Waals surface area contributed by atoms with Gasteiger partial charge in [-0.3, -0.25) is 4.79 Å². The van der Waals surface area contributed by atoms with Crippen LogP contribution in [0.2, 0.25) is 0 Å². The van der Waals surface area contributed by atoms with E-state index in [1.54, 1.807) is 20.1 Å². The molecule has 2 aromatic carbocycles. The summed E-state index contributed by atoms with van der Waals surface area (Å²) in [5, 5.41) is 3.19. The van der Waals surface area contributed by atoms with E-state index < -0.39 is 11.4 Å². The zero-order valence-electron chi connectivity index (χ0n) is 11.6. The van der Waals surface area contributed by atoms with Crippen LogP contribution in [0.4, 0.5) is 5.69 Å². The van der Waals surface area contributed by atoms with Crippen LogP contribution >= 0.6 is 0 Å². The zero-order chi connectivity index (χ0) is 14.6. The van der Waals surface area contributed by atoms with Crippen LogP contribution < -0.4 is 15.8 Å². The summed E-state index contributed by atoms with van der Waals surface area (Å²) < 4.78 is 5.20. The molecule has 0 aromatic heterocycles. The van der Waals surface area contributed by atoms with E-state index in [9.17, 15) is 4.79 Å². The molecule has 0 radical (unpaired) electrons. The van der Waals surface area contributed by atoms with Crippen LogP contribution in [-0.2, 0) is 10.3 Å². The van der Waals surface area contributed by atoms with Gasteiger partial charge in [0.2, 0.25) is 5.91 Å². The molecule has 0 heterocycles. The highest BCUT2D eigenvalue weighted by Gasteiger charge is 2.33. The van der Waals surface area contributed by atoms with E-state index in [1.807, 2.05) is 48.5 Å². The highest BCUT2D eigenvalue weighted by molar-refractivity contribution is 5.89. The van der Waals surface area contributed by atoms with Crippen molar-refractivity contribution in [3.63, 3.8) is 0 Å². The first-order chi connectivity index (χ1) is 9.56. The summed E-state index contributed by atoms with van der Waals surface area (Å²) in [4.78, 5) is 11.9. The molecule has 0 aliphatic heterocycles. The first kappa shape index (κ1) is 13.9. The molecule has 4 nitrogen and oxygen atoms in total. The number of nitrogens with two attached hydrogens (primary N) is 1. The van der Waals surface area contributed by atoms with Gasteiger partial charge < -0.3 is 15.8 Å². The fourth-order valence-electron chi connectivity index (χ4n) is 2.02. The number of ether oxygens (including phenoxy) is 1. The minimum absolute atomic E-state index is 0.449. The van der Waals surface area contributed by atoms with Crippen molar-refractivity contribution < 1.29 is 9.53 Å². The number of para-hydroxylation sites is 1. The van der Waals surface area contributed by atoms with E-state index in [-0.39, 0.29) is 0 Å². The second kappa shape index (κ2) is 5.65. The molecule has 104 valence electrons. The molecule has 2 aromatic rings. The van der Waals surface area contributed by atoms with Crippen LogP contribution in [0.3, 0.4) is 0 Å². The lowest BCUT2D eigenvalue weighted by molar-refractivity contribution is -0.122. The summed E-state index contributed by atoms with van der Waals surface area (Å²) in [6.45, 7) is 1.76. The van der Waals surface area contributed by atoms with Crippen LogP contribution in [0.5, 0.6) is 5.75 Å². The van der Waals surface area contributed by atoms with Crippen molar-refractivity contribution in [3.05, 3.63) is 60.2 Å². The van der Waals surface area contributed by atoms with Crippen molar-refractivity contribution in [2.75, 3.05) is 12.4 Å². The number of amides is 1. The number of primary amides is 1. The van der Waals surface area contributed by atoms with Crippen LogP contribution in [0.1, 0.15) is 12.5 Å². The average Bonchev–Trinajstić information content (AvgIpc) is 2.48. The van der Waals surface area contributed by atoms with Crippen molar-refractivity contribution in [2.45, 2.75) is 12.5 Å². The van der Waals surface area contributed by atoms with Crippen LogP contribution in [-0.4, -0.2) is 13.0 Å². The van der Waals surface area contributed by atoms with Gasteiger partial charge >= 0.3 is 0 Å². The van der Waals surface area contributed by atoms with Crippen molar-refractivity contribution in [1.82, 2.24) is 0 Å². The average molecular weight is 270 g/mol. The van der Waals surface area contributed by atoms with Crippen molar-refractivity contribution in [1.29, 1.82) is 0 Å². The largest absolute Gasteiger partial charge is 0.497 e. The topological polar surface area (TPSA) is 64.3 Å². The second-order valence-electron chi connectivity index (χ2n) is 4.71. The van der Waals surface area contributed by atoms with Gasteiger partial charge in [0.15, 0.2) is 0 Å². The molecule has 3 N–H and O–H groups in total. The van der Waals surface area contributed by atoms with Gasteiger partial charge in [0.1, 0.15) is 11.3 Å². The summed E-state index contributed by atoms with van der Waals surface area (Å²) in [5.41, 5.74) is 6.18. The van der Waals surface area contributed by atoms with Crippen LogP contribution in [0.15, 0.2) is 54.6 Å². The normalized spacial score (nSPS) is 13.3. The smallest absolute Gasteiger partial charge is 0.247 e. The van der Waals surface area contributed by atoms with E-state index in [0.29, 0.717) is 5.75 Å². The lowest BCUT2D eigenvalue weighted by Gasteiger charge is -2.29. The third kappa shape index (κ3) is 2.74. The Labute approximate surface area is 118 Å². The minimum Gasteiger partial charge on any atom is -0.497 e. The number of carbonyl (C=O) groups excluding carboxylic acids is 1. The number of methoxy groups -OCH3 is 1. The number of benzene rings is 2. The fraction of sp³-hybridized carbons (Fsp3) is 0.188. The monoisotopic (exact) mass is 270 g/mol. The third-order valence-electron chi connectivity index (χ3n) is 3.31. The van der Waals surface area contributed by atoms with Gasteiger partial charge in [-0.1, -0.05) is 30.3 Å². The molecule has 20 heavy (non-hydrogen) atoms. The van der Waals surface area contributed by atoms with Gasteiger partial charge in [-0.2, -0.15) is 0 Å². The molecule has 0 fully saturated rings. The highest BCUT2D eigenvalue weighted by Crippen LogP contribution is 2.28. The molecule has 1 atom stereocenters. The van der Waals surface area contributed by atoms with Gasteiger partial charge in [0, 0.05) is 5.69 Å². The van der Waals surface area contributed by atoms with Crippen molar-refractivity contribution in [3.8, 4) is 5.75 Å². The maximum absolute atomic E-state index is 11.9. The lowest BCUT2D eigenvalue weighted by atomic mass is 9.90. The Balaban J connectivity index is 2.41. The quantitative estimate of drug-likeness (QED) is 0.877. The van der Waals surface area contributed by atoms with E-state index in [1.165, 1.54) is 0 Å². The van der Waals surface area contributed by atoms with Crippen molar-refractivity contribution in [2.24, 2.45) is 5.73 Å². The van der Waals surface area contributed by atoms with Gasteiger partial charge in [0.25, 0.3) is 0 Å². The highest BCUT2D eigenvalue weighted by atomic mass is 16.5. The molecule has 0 saturated carbocycles. The van der Waals surface area contributed by atoms with Gasteiger partial charge in [-0.15, -0.1) is 0 Å². The molecular formula is C16H18N2O2. The summed E-state index contributed by atoms with van der Waals surface area (Å²) >= 11 is 0. The first-order valence-electron chi connectivity index (χ1n) is 6.34. The van der Waals surface area contributed by atoms with E-state index in [0.717, 1.165) is 11.3 Å². The Morgan fingerprint density at radius 1 is 1.15 bits per heavy atom. The molecular weight excluding hydrogens is 252 g/mol. The first-order valence-corrected chi connectivity index (χ1v) is 6.34. The predicted octanol–water partition coefficient (Wildman–Crippen LogP) is 2.51. The van der Waals surface area contributed by atoms with Gasteiger partial charge in [-0.05, 0) is 36.8 Å².